The second-order valence-electron chi connectivity index (χ2n) is 7.87. The minimum absolute atomic E-state index is 0.0785. The van der Waals surface area contributed by atoms with E-state index in [1.54, 1.807) is 18.2 Å². The average Bonchev–Trinajstić information content (AvgIpc) is 3.28. The molecular formula is C23H23ClN6O3S. The summed E-state index contributed by atoms with van der Waals surface area (Å²) in [6.07, 6.45) is 6.86. The molecule has 3 aromatic rings. The Balaban J connectivity index is 1.45. The number of carbonyl (C=O) groups excluding carboxylic acids is 1. The molecular weight excluding hydrogens is 476 g/mol. The van der Waals surface area contributed by atoms with Crippen molar-refractivity contribution in [1.29, 1.82) is 0 Å². The zero-order valence-electron chi connectivity index (χ0n) is 18.3. The number of benzene rings is 2. The Morgan fingerprint density at radius 2 is 1.91 bits per heavy atom. The maximum atomic E-state index is 12.4. The van der Waals surface area contributed by atoms with Gasteiger partial charge in [0.2, 0.25) is 0 Å². The number of para-hydroxylation sites is 1. The summed E-state index contributed by atoms with van der Waals surface area (Å²) in [4.78, 5) is 23.0. The number of hydrogen-bond acceptors (Lipinski definition) is 7. The Labute approximate surface area is 205 Å². The van der Waals surface area contributed by atoms with E-state index in [0.717, 1.165) is 37.1 Å². The second-order valence-corrected chi connectivity index (χ2v) is 9.25. The molecule has 1 aromatic heterocycles. The fraction of sp³-hybridized carbons (Fsp3) is 0.304. The van der Waals surface area contributed by atoms with Crippen LogP contribution in [0.2, 0.25) is 5.02 Å². The lowest BCUT2D eigenvalue weighted by Crippen LogP contribution is -2.21. The predicted octanol–water partition coefficient (Wildman–Crippen LogP) is 5.25. The van der Waals surface area contributed by atoms with Crippen molar-refractivity contribution in [2.45, 2.75) is 43.3 Å². The normalized spacial score (nSPS) is 14.4. The summed E-state index contributed by atoms with van der Waals surface area (Å²) in [6.45, 7) is 0. The van der Waals surface area contributed by atoms with Crippen LogP contribution in [0.1, 0.15) is 43.7 Å². The maximum Gasteiger partial charge on any atom is 0.278 e. The number of amides is 1. The van der Waals surface area contributed by atoms with Gasteiger partial charge in [0.05, 0.1) is 22.5 Å². The largest absolute Gasteiger partial charge is 0.299 e. The molecule has 1 fully saturated rings. The van der Waals surface area contributed by atoms with Gasteiger partial charge >= 0.3 is 0 Å². The lowest BCUT2D eigenvalue weighted by Gasteiger charge is -2.25. The van der Waals surface area contributed by atoms with Gasteiger partial charge in [-0.25, -0.2) is 5.43 Å². The molecule has 0 radical (unpaired) electrons. The number of hydrogen-bond donors (Lipinski definition) is 1. The van der Waals surface area contributed by atoms with Crippen LogP contribution < -0.4 is 5.43 Å². The molecule has 11 heteroatoms. The molecule has 1 amide bonds. The molecule has 0 spiro atoms. The summed E-state index contributed by atoms with van der Waals surface area (Å²) in [6, 6.07) is 14.0. The molecule has 0 unspecified atom stereocenters. The number of halogens is 1. The van der Waals surface area contributed by atoms with Crippen LogP contribution >= 0.6 is 23.4 Å². The molecule has 0 bridgehead atoms. The molecule has 1 aliphatic rings. The highest BCUT2D eigenvalue weighted by molar-refractivity contribution is 7.99. The number of nitro benzene ring substituents is 1. The van der Waals surface area contributed by atoms with Gasteiger partial charge in [-0.15, -0.1) is 10.2 Å². The summed E-state index contributed by atoms with van der Waals surface area (Å²) in [5.41, 5.74) is 3.58. The van der Waals surface area contributed by atoms with E-state index < -0.39 is 4.92 Å². The molecule has 1 N–H and O–H groups in total. The van der Waals surface area contributed by atoms with E-state index in [4.69, 9.17) is 11.6 Å². The first-order valence-corrected chi connectivity index (χ1v) is 12.3. The van der Waals surface area contributed by atoms with E-state index in [0.29, 0.717) is 15.7 Å². The Kier molecular flexibility index (Phi) is 7.91. The molecule has 1 heterocycles. The average molecular weight is 499 g/mol. The molecule has 1 aliphatic carbocycles. The van der Waals surface area contributed by atoms with Crippen molar-refractivity contribution in [1.82, 2.24) is 20.2 Å². The number of nitrogens with zero attached hydrogens (tertiary/aromatic N) is 5. The summed E-state index contributed by atoms with van der Waals surface area (Å²) < 4.78 is 2.14. The zero-order chi connectivity index (χ0) is 23.9. The van der Waals surface area contributed by atoms with Gasteiger partial charge in [-0.05, 0) is 43.2 Å². The first-order chi connectivity index (χ1) is 16.5. The van der Waals surface area contributed by atoms with Crippen LogP contribution in [-0.4, -0.2) is 37.6 Å². The van der Waals surface area contributed by atoms with Crippen molar-refractivity contribution < 1.29 is 9.72 Å². The molecule has 9 nitrogen and oxygen atoms in total. The summed E-state index contributed by atoms with van der Waals surface area (Å²) in [7, 11) is 0. The van der Waals surface area contributed by atoms with Crippen molar-refractivity contribution in [3.8, 4) is 11.4 Å². The van der Waals surface area contributed by atoms with E-state index in [-0.39, 0.29) is 23.4 Å². The third-order valence-electron chi connectivity index (χ3n) is 5.57. The smallest absolute Gasteiger partial charge is 0.278 e. The van der Waals surface area contributed by atoms with Crippen molar-refractivity contribution >= 4 is 41.2 Å². The standard InChI is InChI=1S/C23H23ClN6O3S/c24-18-12-10-16(11-13-18)22-27-28-23(29(22)19-7-2-1-3-8-19)34-15-21(31)26-25-14-17-6-4-5-9-20(17)30(32)33/h4-6,9-14,19H,1-3,7-8,15H2,(H,26,31)/b25-14+. The molecule has 0 atom stereocenters. The molecule has 34 heavy (non-hydrogen) atoms. The molecule has 0 aliphatic heterocycles. The highest BCUT2D eigenvalue weighted by Crippen LogP contribution is 2.35. The fourth-order valence-electron chi connectivity index (χ4n) is 3.94. The van der Waals surface area contributed by atoms with Crippen LogP contribution in [0.5, 0.6) is 0 Å². The Hall–Kier alpha value is -3.24. The van der Waals surface area contributed by atoms with Gasteiger partial charge in [0.1, 0.15) is 0 Å². The van der Waals surface area contributed by atoms with Crippen LogP contribution in [0.15, 0.2) is 58.8 Å². The number of nitro groups is 1. The van der Waals surface area contributed by atoms with E-state index in [9.17, 15) is 14.9 Å². The van der Waals surface area contributed by atoms with Gasteiger partial charge in [0, 0.05) is 22.7 Å². The highest BCUT2D eigenvalue weighted by atomic mass is 35.5. The van der Waals surface area contributed by atoms with Crippen molar-refractivity contribution in [3.63, 3.8) is 0 Å². The topological polar surface area (TPSA) is 115 Å². The third-order valence-corrected chi connectivity index (χ3v) is 6.76. The lowest BCUT2D eigenvalue weighted by atomic mass is 9.95. The monoisotopic (exact) mass is 498 g/mol. The lowest BCUT2D eigenvalue weighted by molar-refractivity contribution is -0.385. The number of carbonyl (C=O) groups is 1. The number of aromatic nitrogens is 3. The first-order valence-electron chi connectivity index (χ1n) is 10.9. The molecule has 0 saturated heterocycles. The highest BCUT2D eigenvalue weighted by Gasteiger charge is 2.24. The van der Waals surface area contributed by atoms with E-state index in [2.05, 4.69) is 25.3 Å². The van der Waals surface area contributed by atoms with Gasteiger partial charge in [-0.1, -0.05) is 54.8 Å². The zero-order valence-corrected chi connectivity index (χ0v) is 19.8. The van der Waals surface area contributed by atoms with E-state index >= 15 is 0 Å². The minimum Gasteiger partial charge on any atom is -0.299 e. The predicted molar refractivity (Wildman–Crippen MR) is 132 cm³/mol. The van der Waals surface area contributed by atoms with Crippen LogP contribution in [0, 0.1) is 10.1 Å². The third kappa shape index (κ3) is 5.81. The SMILES string of the molecule is O=C(CSc1nnc(-c2ccc(Cl)cc2)n1C1CCCCC1)N/N=C/c1ccccc1[N+](=O)[O-]. The second kappa shape index (κ2) is 11.3. The first kappa shape index (κ1) is 23.9. The summed E-state index contributed by atoms with van der Waals surface area (Å²) >= 11 is 7.34. The molecule has 1 saturated carbocycles. The molecule has 4 rings (SSSR count). The Bertz CT molecular complexity index is 1190. The van der Waals surface area contributed by atoms with Crippen LogP contribution in [-0.2, 0) is 4.79 Å². The fourth-order valence-corrected chi connectivity index (χ4v) is 4.86. The number of thioether (sulfide) groups is 1. The van der Waals surface area contributed by atoms with Crippen molar-refractivity contribution in [2.75, 3.05) is 5.75 Å². The minimum atomic E-state index is -0.491. The van der Waals surface area contributed by atoms with Crippen LogP contribution in [0.25, 0.3) is 11.4 Å². The summed E-state index contributed by atoms with van der Waals surface area (Å²) in [5.74, 6) is 0.506. The van der Waals surface area contributed by atoms with Crippen molar-refractivity contribution in [3.05, 3.63) is 69.2 Å². The van der Waals surface area contributed by atoms with Crippen LogP contribution in [0.4, 0.5) is 5.69 Å². The summed E-state index contributed by atoms with van der Waals surface area (Å²) in [5, 5.41) is 25.1. The van der Waals surface area contributed by atoms with E-state index in [1.807, 2.05) is 24.3 Å². The molecule has 2 aromatic carbocycles. The van der Waals surface area contributed by atoms with Gasteiger partial charge in [0.15, 0.2) is 11.0 Å². The van der Waals surface area contributed by atoms with Gasteiger partial charge in [-0.3, -0.25) is 19.5 Å². The van der Waals surface area contributed by atoms with Crippen molar-refractivity contribution in [2.24, 2.45) is 5.10 Å². The number of nitrogens with one attached hydrogen (secondary N) is 1. The Morgan fingerprint density at radius 3 is 2.65 bits per heavy atom. The Morgan fingerprint density at radius 1 is 1.18 bits per heavy atom. The number of rotatable bonds is 8. The quantitative estimate of drug-likeness (QED) is 0.196. The molecule has 176 valence electrons. The van der Waals surface area contributed by atoms with Gasteiger partial charge in [-0.2, -0.15) is 5.10 Å². The maximum absolute atomic E-state index is 12.4. The van der Waals surface area contributed by atoms with Gasteiger partial charge < -0.3 is 0 Å². The number of hydrazone groups is 1. The van der Waals surface area contributed by atoms with Crippen LogP contribution in [0.3, 0.4) is 0 Å². The van der Waals surface area contributed by atoms with E-state index in [1.165, 1.54) is 30.5 Å². The van der Waals surface area contributed by atoms with Gasteiger partial charge in [0.25, 0.3) is 11.6 Å².